The second-order valence-corrected chi connectivity index (χ2v) is 6.37. The van der Waals surface area contributed by atoms with Crippen molar-refractivity contribution in [2.45, 2.75) is 26.2 Å². The first-order valence-corrected chi connectivity index (χ1v) is 8.03. The van der Waals surface area contributed by atoms with E-state index in [1.165, 1.54) is 0 Å². The van der Waals surface area contributed by atoms with Crippen molar-refractivity contribution in [1.82, 2.24) is 4.98 Å². The Kier molecular flexibility index (Phi) is 3.57. The largest absolute Gasteiger partial charge is 0.488 e. The van der Waals surface area contributed by atoms with Crippen LogP contribution in [0.15, 0.2) is 54.9 Å². The van der Waals surface area contributed by atoms with E-state index in [9.17, 15) is 4.79 Å². The number of pyridine rings is 1. The third-order valence-corrected chi connectivity index (χ3v) is 3.97. The Bertz CT molecular complexity index is 951. The third-order valence-electron chi connectivity index (χ3n) is 3.97. The van der Waals surface area contributed by atoms with E-state index >= 15 is 0 Å². The molecule has 3 aromatic rings. The van der Waals surface area contributed by atoms with Gasteiger partial charge >= 0.3 is 5.97 Å². The molecule has 0 saturated heterocycles. The summed E-state index contributed by atoms with van der Waals surface area (Å²) < 4.78 is 17.1. The second kappa shape index (κ2) is 5.77. The molecule has 0 saturated carbocycles. The average Bonchev–Trinajstić information content (AvgIpc) is 2.58. The van der Waals surface area contributed by atoms with Crippen molar-refractivity contribution in [3.63, 3.8) is 0 Å². The summed E-state index contributed by atoms with van der Waals surface area (Å²) >= 11 is 0. The number of carbonyl (C=O) groups is 1. The summed E-state index contributed by atoms with van der Waals surface area (Å²) in [7, 11) is 0. The minimum Gasteiger partial charge on any atom is -0.488 e. The Hall–Kier alpha value is -3.08. The summed E-state index contributed by atoms with van der Waals surface area (Å²) in [5.74, 6) is -0.131. The number of nitrogens with zero attached hydrogens (tertiary/aromatic N) is 1. The van der Waals surface area contributed by atoms with Gasteiger partial charge in [-0.05, 0) is 29.7 Å². The summed E-state index contributed by atoms with van der Waals surface area (Å²) in [6, 6.07) is 13.2. The topological polar surface area (TPSA) is 57.7 Å². The molecule has 0 amide bonds. The summed E-state index contributed by atoms with van der Waals surface area (Å²) in [4.78, 5) is 16.3. The van der Waals surface area contributed by atoms with Crippen LogP contribution in [0.1, 0.15) is 29.8 Å². The number of aromatic nitrogens is 1. The summed E-state index contributed by atoms with van der Waals surface area (Å²) in [5.41, 5.74) is 1.41. The van der Waals surface area contributed by atoms with E-state index in [-0.39, 0.29) is 5.97 Å². The quantitative estimate of drug-likeness (QED) is 0.675. The molecule has 0 spiro atoms. The molecule has 0 unspecified atom stereocenters. The van der Waals surface area contributed by atoms with Crippen LogP contribution >= 0.6 is 0 Å². The van der Waals surface area contributed by atoms with E-state index in [1.54, 1.807) is 32.3 Å². The number of benzene rings is 2. The van der Waals surface area contributed by atoms with Crippen LogP contribution in [-0.4, -0.2) is 16.7 Å². The highest BCUT2D eigenvalue weighted by Crippen LogP contribution is 2.37. The van der Waals surface area contributed by atoms with Gasteiger partial charge < -0.3 is 14.2 Å². The fourth-order valence-corrected chi connectivity index (χ4v) is 2.86. The number of fused-ring (bicyclic) bond motifs is 2. The van der Waals surface area contributed by atoms with Gasteiger partial charge in [0, 0.05) is 37.2 Å². The van der Waals surface area contributed by atoms with Crippen LogP contribution in [0, 0.1) is 0 Å². The minimum atomic E-state index is -0.983. The van der Waals surface area contributed by atoms with Crippen molar-refractivity contribution in [3.8, 4) is 11.5 Å². The lowest BCUT2D eigenvalue weighted by Gasteiger charge is -2.31. The van der Waals surface area contributed by atoms with Gasteiger partial charge in [0.15, 0.2) is 0 Å². The van der Waals surface area contributed by atoms with Gasteiger partial charge in [-0.15, -0.1) is 0 Å². The van der Waals surface area contributed by atoms with Crippen molar-refractivity contribution < 1.29 is 19.0 Å². The lowest BCUT2D eigenvalue weighted by Crippen LogP contribution is -2.38. The smallest absolute Gasteiger partial charge is 0.345 e. The molecule has 1 aliphatic rings. The van der Waals surface area contributed by atoms with Crippen molar-refractivity contribution in [2.75, 3.05) is 0 Å². The molecule has 2 heterocycles. The highest BCUT2D eigenvalue weighted by Gasteiger charge is 2.34. The SMILES string of the molecule is CC1(C)OC(=O)c2cc3cccc(OCc4cccnc4)c3cc2O1. The highest BCUT2D eigenvalue weighted by atomic mass is 16.7. The summed E-state index contributed by atoms with van der Waals surface area (Å²) in [5, 5.41) is 1.78. The normalized spacial score (nSPS) is 15.2. The van der Waals surface area contributed by atoms with Crippen LogP contribution < -0.4 is 9.47 Å². The van der Waals surface area contributed by atoms with Gasteiger partial charge in [-0.1, -0.05) is 18.2 Å². The third kappa shape index (κ3) is 3.01. The van der Waals surface area contributed by atoms with Gasteiger partial charge in [0.2, 0.25) is 5.79 Å². The Labute approximate surface area is 145 Å². The van der Waals surface area contributed by atoms with E-state index in [0.717, 1.165) is 22.1 Å². The van der Waals surface area contributed by atoms with Crippen LogP contribution in [0.3, 0.4) is 0 Å². The molecule has 5 nitrogen and oxygen atoms in total. The fourth-order valence-electron chi connectivity index (χ4n) is 2.86. The number of carbonyl (C=O) groups excluding carboxylic acids is 1. The predicted molar refractivity (Wildman–Crippen MR) is 92.6 cm³/mol. The van der Waals surface area contributed by atoms with E-state index in [1.807, 2.05) is 36.4 Å². The number of cyclic esters (lactones) is 1. The van der Waals surface area contributed by atoms with E-state index in [4.69, 9.17) is 14.2 Å². The van der Waals surface area contributed by atoms with Crippen molar-refractivity contribution in [1.29, 1.82) is 0 Å². The molecule has 2 aromatic carbocycles. The second-order valence-electron chi connectivity index (χ2n) is 6.37. The molecule has 1 aliphatic heterocycles. The first-order chi connectivity index (χ1) is 12.0. The molecule has 4 rings (SSSR count). The lowest BCUT2D eigenvalue weighted by atomic mass is 10.0. The molecule has 25 heavy (non-hydrogen) atoms. The van der Waals surface area contributed by atoms with Crippen molar-refractivity contribution in [3.05, 3.63) is 66.0 Å². The van der Waals surface area contributed by atoms with Gasteiger partial charge in [-0.2, -0.15) is 0 Å². The first kappa shape index (κ1) is 15.4. The van der Waals surface area contributed by atoms with Crippen LogP contribution in [0.25, 0.3) is 10.8 Å². The van der Waals surface area contributed by atoms with Crippen LogP contribution in [0.4, 0.5) is 0 Å². The molecule has 5 heteroatoms. The highest BCUT2D eigenvalue weighted by molar-refractivity contribution is 6.01. The van der Waals surface area contributed by atoms with Crippen LogP contribution in [0.5, 0.6) is 11.5 Å². The maximum Gasteiger partial charge on any atom is 0.345 e. The molecule has 1 aromatic heterocycles. The number of ether oxygens (including phenoxy) is 3. The first-order valence-electron chi connectivity index (χ1n) is 8.03. The van der Waals surface area contributed by atoms with E-state index < -0.39 is 5.79 Å². The molecular formula is C20H17NO4. The van der Waals surface area contributed by atoms with E-state index in [2.05, 4.69) is 4.98 Å². The fraction of sp³-hybridized carbons (Fsp3) is 0.200. The van der Waals surface area contributed by atoms with Gasteiger partial charge in [-0.25, -0.2) is 4.79 Å². The van der Waals surface area contributed by atoms with Crippen molar-refractivity contribution in [2.24, 2.45) is 0 Å². The molecule has 0 bridgehead atoms. The van der Waals surface area contributed by atoms with Gasteiger partial charge in [0.1, 0.15) is 23.7 Å². The van der Waals surface area contributed by atoms with Crippen LogP contribution in [-0.2, 0) is 11.3 Å². The molecule has 0 atom stereocenters. The lowest BCUT2D eigenvalue weighted by molar-refractivity contribution is -0.127. The zero-order valence-electron chi connectivity index (χ0n) is 14.0. The van der Waals surface area contributed by atoms with Gasteiger partial charge in [-0.3, -0.25) is 4.98 Å². The Morgan fingerprint density at radius 1 is 1.12 bits per heavy atom. The molecular weight excluding hydrogens is 318 g/mol. The minimum absolute atomic E-state index is 0.380. The Morgan fingerprint density at radius 2 is 2.00 bits per heavy atom. The maximum atomic E-state index is 12.2. The zero-order valence-corrected chi connectivity index (χ0v) is 14.0. The average molecular weight is 335 g/mol. The number of hydrogen-bond acceptors (Lipinski definition) is 5. The van der Waals surface area contributed by atoms with Gasteiger partial charge in [0.05, 0.1) is 0 Å². The standard InChI is InChI=1S/C20H17NO4/c1-20(2)24-18-10-15-14(9-16(18)19(22)25-20)6-3-7-17(15)23-12-13-5-4-8-21-11-13/h3-11H,12H2,1-2H3. The predicted octanol–water partition coefficient (Wildman–Crippen LogP) is 4.10. The molecule has 126 valence electrons. The maximum absolute atomic E-state index is 12.2. The monoisotopic (exact) mass is 335 g/mol. The Morgan fingerprint density at radius 3 is 2.80 bits per heavy atom. The molecule has 0 aliphatic carbocycles. The molecule has 0 fully saturated rings. The van der Waals surface area contributed by atoms with Crippen molar-refractivity contribution >= 4 is 16.7 Å². The number of esters is 1. The number of rotatable bonds is 3. The Balaban J connectivity index is 1.73. The zero-order chi connectivity index (χ0) is 17.4. The summed E-state index contributed by atoms with van der Waals surface area (Å²) in [6.45, 7) is 3.84. The molecule has 0 radical (unpaired) electrons. The summed E-state index contributed by atoms with van der Waals surface area (Å²) in [6.07, 6.45) is 3.50. The molecule has 0 N–H and O–H groups in total. The van der Waals surface area contributed by atoms with Gasteiger partial charge in [0.25, 0.3) is 0 Å². The van der Waals surface area contributed by atoms with Crippen LogP contribution in [0.2, 0.25) is 0 Å². The number of hydrogen-bond donors (Lipinski definition) is 0. The van der Waals surface area contributed by atoms with E-state index in [0.29, 0.717) is 17.9 Å².